The van der Waals surface area contributed by atoms with Crippen molar-refractivity contribution in [2.24, 2.45) is 0 Å². The zero-order valence-electron chi connectivity index (χ0n) is 12.2. The Balaban J connectivity index is 1.74. The van der Waals surface area contributed by atoms with Crippen LogP contribution in [0.15, 0.2) is 51.8 Å². The first kappa shape index (κ1) is 17.0. The highest BCUT2D eigenvalue weighted by atomic mass is 79.9. The van der Waals surface area contributed by atoms with Crippen molar-refractivity contribution >= 4 is 55.3 Å². The van der Waals surface area contributed by atoms with Gasteiger partial charge in [0, 0.05) is 10.2 Å². The lowest BCUT2D eigenvalue weighted by Gasteiger charge is -2.10. The Morgan fingerprint density at radius 3 is 2.71 bits per heavy atom. The highest BCUT2D eigenvalue weighted by molar-refractivity contribution is 9.10. The predicted molar refractivity (Wildman–Crippen MR) is 97.7 cm³/mol. The van der Waals surface area contributed by atoms with E-state index in [1.54, 1.807) is 30.3 Å². The van der Waals surface area contributed by atoms with Crippen molar-refractivity contribution in [2.45, 2.75) is 11.3 Å². The van der Waals surface area contributed by atoms with E-state index in [0.717, 1.165) is 11.1 Å². The number of halogens is 2. The number of hydrogen-bond donors (Lipinski definition) is 2. The van der Waals surface area contributed by atoms with Gasteiger partial charge in [0.05, 0.1) is 9.92 Å². The quantitative estimate of drug-likeness (QED) is 0.771. The number of allylic oxidation sites excluding steroid dienone is 1. The first-order valence-corrected chi connectivity index (χ1v) is 9.59. The molecule has 0 fully saturated rings. The molecule has 0 bridgehead atoms. The molecule has 0 spiro atoms. The molecule has 0 unspecified atom stereocenters. The van der Waals surface area contributed by atoms with Crippen LogP contribution >= 0.6 is 27.5 Å². The molecule has 8 heteroatoms. The second kappa shape index (κ2) is 6.58. The summed E-state index contributed by atoms with van der Waals surface area (Å²) in [6.45, 7) is 0. The normalized spacial score (nSPS) is 12.8. The molecule has 1 aliphatic rings. The molecule has 0 aliphatic heterocycles. The van der Waals surface area contributed by atoms with Crippen molar-refractivity contribution in [3.8, 4) is 0 Å². The SMILES string of the molecule is O=C(Nc1ccc(Cl)c(Br)c1)NS(=O)(=O)c1ccc2c(c1)CC=C2. The van der Waals surface area contributed by atoms with Crippen LogP contribution in [0, 0.1) is 0 Å². The molecule has 5 nitrogen and oxygen atoms in total. The van der Waals surface area contributed by atoms with Gasteiger partial charge in [-0.2, -0.15) is 0 Å². The van der Waals surface area contributed by atoms with Crippen LogP contribution in [0.5, 0.6) is 0 Å². The molecule has 0 saturated carbocycles. The molecule has 124 valence electrons. The molecular formula is C16H12BrClN2O3S. The number of rotatable bonds is 3. The van der Waals surface area contributed by atoms with Crippen molar-refractivity contribution in [2.75, 3.05) is 5.32 Å². The molecule has 24 heavy (non-hydrogen) atoms. The van der Waals surface area contributed by atoms with Crippen molar-refractivity contribution in [3.05, 3.63) is 63.1 Å². The minimum absolute atomic E-state index is 0.0531. The van der Waals surface area contributed by atoms with E-state index in [0.29, 0.717) is 21.6 Å². The highest BCUT2D eigenvalue weighted by Gasteiger charge is 2.19. The summed E-state index contributed by atoms with van der Waals surface area (Å²) < 4.78 is 27.3. The molecule has 0 atom stereocenters. The van der Waals surface area contributed by atoms with Crippen LogP contribution in [0.4, 0.5) is 10.5 Å². The molecule has 2 N–H and O–H groups in total. The van der Waals surface area contributed by atoms with E-state index in [1.165, 1.54) is 6.07 Å². The third-order valence-electron chi connectivity index (χ3n) is 3.46. The first-order chi connectivity index (χ1) is 11.3. The fraction of sp³-hybridized carbons (Fsp3) is 0.0625. The molecule has 2 aromatic carbocycles. The van der Waals surface area contributed by atoms with E-state index in [1.807, 2.05) is 16.9 Å². The Bertz CT molecular complexity index is 958. The van der Waals surface area contributed by atoms with Gasteiger partial charge in [-0.15, -0.1) is 0 Å². The summed E-state index contributed by atoms with van der Waals surface area (Å²) >= 11 is 9.11. The second-order valence-corrected chi connectivity index (χ2v) is 8.10. The van der Waals surface area contributed by atoms with E-state index in [4.69, 9.17) is 11.6 Å². The largest absolute Gasteiger partial charge is 0.333 e. The Hall–Kier alpha value is -1.83. The standard InChI is InChI=1S/C16H12BrClN2O3S/c17-14-9-12(5-7-15(14)18)19-16(21)20-24(22,23)13-6-4-10-2-1-3-11(10)8-13/h1-2,4-9H,3H2,(H2,19,20,21). The monoisotopic (exact) mass is 426 g/mol. The maximum absolute atomic E-state index is 12.3. The summed E-state index contributed by atoms with van der Waals surface area (Å²) in [6.07, 6.45) is 4.58. The molecule has 2 aromatic rings. The summed E-state index contributed by atoms with van der Waals surface area (Å²) in [6, 6.07) is 8.66. The Labute approximate surface area is 152 Å². The number of carbonyl (C=O) groups is 1. The third kappa shape index (κ3) is 3.63. The van der Waals surface area contributed by atoms with E-state index in [9.17, 15) is 13.2 Å². The summed E-state index contributed by atoms with van der Waals surface area (Å²) in [5.74, 6) is 0. The zero-order chi connectivity index (χ0) is 17.3. The van der Waals surface area contributed by atoms with Gasteiger partial charge in [0.2, 0.25) is 0 Å². The highest BCUT2D eigenvalue weighted by Crippen LogP contribution is 2.26. The van der Waals surface area contributed by atoms with Gasteiger partial charge in [-0.3, -0.25) is 0 Å². The number of hydrogen-bond acceptors (Lipinski definition) is 3. The van der Waals surface area contributed by atoms with Gasteiger partial charge in [0.25, 0.3) is 10.0 Å². The van der Waals surface area contributed by atoms with E-state index in [2.05, 4.69) is 21.2 Å². The average Bonchev–Trinajstić information content (AvgIpc) is 2.98. The molecule has 0 radical (unpaired) electrons. The lowest BCUT2D eigenvalue weighted by molar-refractivity contribution is 0.256. The minimum atomic E-state index is -3.95. The number of fused-ring (bicyclic) bond motifs is 1. The summed E-state index contributed by atoms with van der Waals surface area (Å²) in [7, 11) is -3.95. The minimum Gasteiger partial charge on any atom is -0.307 e. The maximum Gasteiger partial charge on any atom is 0.333 e. The number of benzene rings is 2. The van der Waals surface area contributed by atoms with Crippen LogP contribution in [0.3, 0.4) is 0 Å². The van der Waals surface area contributed by atoms with Crippen molar-refractivity contribution < 1.29 is 13.2 Å². The second-order valence-electron chi connectivity index (χ2n) is 5.16. The zero-order valence-corrected chi connectivity index (χ0v) is 15.4. The Kier molecular flexibility index (Phi) is 4.67. The molecule has 2 amide bonds. The van der Waals surface area contributed by atoms with Crippen LogP contribution in [-0.2, 0) is 16.4 Å². The van der Waals surface area contributed by atoms with Crippen LogP contribution in [0.25, 0.3) is 6.08 Å². The van der Waals surface area contributed by atoms with Crippen LogP contribution in [0.2, 0.25) is 5.02 Å². The maximum atomic E-state index is 12.3. The molecular weight excluding hydrogens is 416 g/mol. The predicted octanol–water partition coefficient (Wildman–Crippen LogP) is 4.18. The Morgan fingerprint density at radius 2 is 1.96 bits per heavy atom. The lowest BCUT2D eigenvalue weighted by atomic mass is 10.1. The fourth-order valence-electron chi connectivity index (χ4n) is 2.31. The summed E-state index contributed by atoms with van der Waals surface area (Å²) in [5, 5.41) is 2.94. The van der Waals surface area contributed by atoms with Crippen LogP contribution in [-0.4, -0.2) is 14.4 Å². The topological polar surface area (TPSA) is 75.3 Å². The molecule has 0 aromatic heterocycles. The van der Waals surface area contributed by atoms with Crippen LogP contribution < -0.4 is 10.0 Å². The van der Waals surface area contributed by atoms with E-state index >= 15 is 0 Å². The number of nitrogens with one attached hydrogen (secondary N) is 2. The third-order valence-corrected chi connectivity index (χ3v) is 6.01. The van der Waals surface area contributed by atoms with Gasteiger partial charge < -0.3 is 5.32 Å². The fourth-order valence-corrected chi connectivity index (χ4v) is 3.77. The van der Waals surface area contributed by atoms with Crippen LogP contribution in [0.1, 0.15) is 11.1 Å². The molecule has 0 heterocycles. The van der Waals surface area contributed by atoms with Crippen molar-refractivity contribution in [1.82, 2.24) is 4.72 Å². The van der Waals surface area contributed by atoms with Gasteiger partial charge in [-0.25, -0.2) is 17.9 Å². The smallest absolute Gasteiger partial charge is 0.307 e. The van der Waals surface area contributed by atoms with Gasteiger partial charge in [0.1, 0.15) is 0 Å². The number of anilines is 1. The average molecular weight is 428 g/mol. The van der Waals surface area contributed by atoms with Gasteiger partial charge in [-0.1, -0.05) is 29.8 Å². The number of amides is 2. The van der Waals surface area contributed by atoms with Gasteiger partial charge in [-0.05, 0) is 63.8 Å². The number of sulfonamides is 1. The van der Waals surface area contributed by atoms with Crippen molar-refractivity contribution in [1.29, 1.82) is 0 Å². The van der Waals surface area contributed by atoms with E-state index in [-0.39, 0.29) is 4.90 Å². The summed E-state index contributed by atoms with van der Waals surface area (Å²) in [5.41, 5.74) is 2.32. The number of carbonyl (C=O) groups excluding carboxylic acids is 1. The van der Waals surface area contributed by atoms with E-state index < -0.39 is 16.1 Å². The van der Waals surface area contributed by atoms with Gasteiger partial charge in [0.15, 0.2) is 0 Å². The van der Waals surface area contributed by atoms with Gasteiger partial charge >= 0.3 is 6.03 Å². The summed E-state index contributed by atoms with van der Waals surface area (Å²) in [4.78, 5) is 12.0. The first-order valence-electron chi connectivity index (χ1n) is 6.93. The Morgan fingerprint density at radius 1 is 1.17 bits per heavy atom. The number of urea groups is 1. The molecule has 1 aliphatic carbocycles. The molecule has 3 rings (SSSR count). The van der Waals surface area contributed by atoms with Crippen molar-refractivity contribution in [3.63, 3.8) is 0 Å². The lowest BCUT2D eigenvalue weighted by Crippen LogP contribution is -2.34. The molecule has 0 saturated heterocycles.